The number of hydrogen-bond acceptors (Lipinski definition) is 1. The Kier molecular flexibility index (Phi) is 2.29. The van der Waals surface area contributed by atoms with Crippen LogP contribution in [0.15, 0.2) is 11.1 Å². The fraction of sp³-hybridized carbons (Fsp3) is 0.769. The van der Waals surface area contributed by atoms with Crippen LogP contribution in [0.1, 0.15) is 52.9 Å². The van der Waals surface area contributed by atoms with Crippen LogP contribution in [0, 0.1) is 11.3 Å². The summed E-state index contributed by atoms with van der Waals surface area (Å²) in [7, 11) is 0. The number of ketones is 1. The zero-order valence-corrected chi connectivity index (χ0v) is 9.52. The number of hydrogen-bond donors (Lipinski definition) is 0. The molecule has 0 N–H and O–H groups in total. The van der Waals surface area contributed by atoms with Crippen molar-refractivity contribution in [3.8, 4) is 0 Å². The second-order valence-corrected chi connectivity index (χ2v) is 5.36. The van der Waals surface area contributed by atoms with Crippen molar-refractivity contribution in [3.63, 3.8) is 0 Å². The van der Waals surface area contributed by atoms with Gasteiger partial charge in [-0.15, -0.1) is 0 Å². The summed E-state index contributed by atoms with van der Waals surface area (Å²) >= 11 is 0. The van der Waals surface area contributed by atoms with Crippen LogP contribution >= 0.6 is 0 Å². The molecule has 0 fully saturated rings. The van der Waals surface area contributed by atoms with Crippen molar-refractivity contribution in [3.05, 3.63) is 11.1 Å². The van der Waals surface area contributed by atoms with Gasteiger partial charge in [0, 0.05) is 11.8 Å². The van der Waals surface area contributed by atoms with Crippen LogP contribution in [0.25, 0.3) is 0 Å². The lowest BCUT2D eigenvalue weighted by Crippen LogP contribution is -2.35. The number of Topliss-reactive ketones (excluding diaryl/α,β-unsaturated/α-hetero) is 1. The Morgan fingerprint density at radius 1 is 1.21 bits per heavy atom. The Balaban J connectivity index is 2.45. The second kappa shape index (κ2) is 3.22. The molecule has 0 aromatic carbocycles. The molecule has 0 saturated heterocycles. The summed E-state index contributed by atoms with van der Waals surface area (Å²) in [4.78, 5) is 11.9. The monoisotopic (exact) mass is 192 g/mol. The first-order valence-electron chi connectivity index (χ1n) is 5.79. The maximum Gasteiger partial charge on any atom is 0.143 e. The van der Waals surface area contributed by atoms with Crippen LogP contribution in [0.3, 0.4) is 0 Å². The van der Waals surface area contributed by atoms with Crippen LogP contribution in [0.4, 0.5) is 0 Å². The first-order chi connectivity index (χ1) is 6.53. The van der Waals surface area contributed by atoms with Gasteiger partial charge in [0.1, 0.15) is 5.78 Å². The first kappa shape index (κ1) is 9.95. The number of carbonyl (C=O) groups is 1. The van der Waals surface area contributed by atoms with Gasteiger partial charge in [0.25, 0.3) is 0 Å². The SMILES string of the molecule is CC1CC(=O)C(C)(C)C2=C1CCCC2. The maximum absolute atomic E-state index is 11.9. The molecule has 0 amide bonds. The molecule has 1 heteroatoms. The molecule has 0 aromatic heterocycles. The topological polar surface area (TPSA) is 17.1 Å². The van der Waals surface area contributed by atoms with Gasteiger partial charge in [0.05, 0.1) is 0 Å². The van der Waals surface area contributed by atoms with Gasteiger partial charge < -0.3 is 0 Å². The molecule has 1 unspecified atom stereocenters. The van der Waals surface area contributed by atoms with E-state index in [1.165, 1.54) is 31.3 Å². The fourth-order valence-corrected chi connectivity index (χ4v) is 3.01. The summed E-state index contributed by atoms with van der Waals surface area (Å²) in [6.07, 6.45) is 5.78. The molecule has 1 atom stereocenters. The molecule has 2 rings (SSSR count). The van der Waals surface area contributed by atoms with Gasteiger partial charge in [-0.05, 0) is 45.4 Å². The van der Waals surface area contributed by atoms with Gasteiger partial charge in [-0.3, -0.25) is 4.79 Å². The van der Waals surface area contributed by atoms with Gasteiger partial charge >= 0.3 is 0 Å². The Morgan fingerprint density at radius 3 is 2.57 bits per heavy atom. The quantitative estimate of drug-likeness (QED) is 0.537. The molecule has 2 aliphatic rings. The molecule has 0 aliphatic heterocycles. The lowest BCUT2D eigenvalue weighted by Gasteiger charge is -2.39. The highest BCUT2D eigenvalue weighted by atomic mass is 16.1. The van der Waals surface area contributed by atoms with E-state index < -0.39 is 0 Å². The highest BCUT2D eigenvalue weighted by molar-refractivity contribution is 5.89. The van der Waals surface area contributed by atoms with E-state index in [0.717, 1.165) is 6.42 Å². The van der Waals surface area contributed by atoms with Crippen molar-refractivity contribution < 1.29 is 4.79 Å². The van der Waals surface area contributed by atoms with E-state index in [1.54, 1.807) is 5.57 Å². The highest BCUT2D eigenvalue weighted by Gasteiger charge is 2.40. The molecule has 0 bridgehead atoms. The summed E-state index contributed by atoms with van der Waals surface area (Å²) < 4.78 is 0. The largest absolute Gasteiger partial charge is 0.299 e. The number of carbonyl (C=O) groups excluding carboxylic acids is 1. The van der Waals surface area contributed by atoms with Crippen LogP contribution in [-0.4, -0.2) is 5.78 Å². The van der Waals surface area contributed by atoms with Crippen LogP contribution in [-0.2, 0) is 4.79 Å². The van der Waals surface area contributed by atoms with Crippen molar-refractivity contribution in [1.29, 1.82) is 0 Å². The summed E-state index contributed by atoms with van der Waals surface area (Å²) in [5.41, 5.74) is 2.94. The molecule has 0 spiro atoms. The van der Waals surface area contributed by atoms with Gasteiger partial charge in [0.2, 0.25) is 0 Å². The Labute approximate surface area is 86.6 Å². The molecule has 0 aromatic rings. The predicted octanol–water partition coefficient (Wildman–Crippen LogP) is 3.49. The van der Waals surface area contributed by atoms with Gasteiger partial charge in [-0.1, -0.05) is 18.1 Å². The highest BCUT2D eigenvalue weighted by Crippen LogP contribution is 2.46. The minimum Gasteiger partial charge on any atom is -0.299 e. The summed E-state index contributed by atoms with van der Waals surface area (Å²) in [6, 6.07) is 0. The third-order valence-corrected chi connectivity index (χ3v) is 4.05. The van der Waals surface area contributed by atoms with Gasteiger partial charge in [-0.25, -0.2) is 0 Å². The molecular formula is C13H20O. The second-order valence-electron chi connectivity index (χ2n) is 5.36. The van der Waals surface area contributed by atoms with Crippen LogP contribution in [0.2, 0.25) is 0 Å². The molecule has 0 heterocycles. The Bertz CT molecular complexity index is 296. The van der Waals surface area contributed by atoms with E-state index in [-0.39, 0.29) is 5.41 Å². The first-order valence-corrected chi connectivity index (χ1v) is 5.79. The fourth-order valence-electron chi connectivity index (χ4n) is 3.01. The minimum absolute atomic E-state index is 0.151. The van der Waals surface area contributed by atoms with E-state index in [2.05, 4.69) is 20.8 Å². The summed E-state index contributed by atoms with van der Waals surface area (Å²) in [6.45, 7) is 6.44. The number of rotatable bonds is 0. The van der Waals surface area contributed by atoms with E-state index in [4.69, 9.17) is 0 Å². The summed E-state index contributed by atoms with van der Waals surface area (Å²) in [5, 5.41) is 0. The zero-order valence-electron chi connectivity index (χ0n) is 9.52. The van der Waals surface area contributed by atoms with Crippen molar-refractivity contribution in [1.82, 2.24) is 0 Å². The molecule has 1 nitrogen and oxygen atoms in total. The Morgan fingerprint density at radius 2 is 1.86 bits per heavy atom. The van der Waals surface area contributed by atoms with E-state index in [1.807, 2.05) is 0 Å². The predicted molar refractivity (Wildman–Crippen MR) is 58.1 cm³/mol. The third-order valence-electron chi connectivity index (χ3n) is 4.05. The van der Waals surface area contributed by atoms with Crippen molar-refractivity contribution in [2.24, 2.45) is 11.3 Å². The van der Waals surface area contributed by atoms with Crippen molar-refractivity contribution >= 4 is 5.78 Å². The third kappa shape index (κ3) is 1.34. The molecule has 78 valence electrons. The molecule has 0 radical (unpaired) electrons. The maximum atomic E-state index is 11.9. The van der Waals surface area contributed by atoms with Crippen molar-refractivity contribution in [2.45, 2.75) is 52.9 Å². The minimum atomic E-state index is -0.151. The normalized spacial score (nSPS) is 31.6. The molecular weight excluding hydrogens is 172 g/mol. The van der Waals surface area contributed by atoms with Crippen molar-refractivity contribution in [2.75, 3.05) is 0 Å². The summed E-state index contributed by atoms with van der Waals surface area (Å²) in [5.74, 6) is 0.969. The standard InChI is InChI=1S/C13H20O/c1-9-8-12(14)13(2,3)11-7-5-4-6-10(9)11/h9H,4-8H2,1-3H3. The molecule has 0 saturated carbocycles. The lowest BCUT2D eigenvalue weighted by molar-refractivity contribution is -0.127. The van der Waals surface area contributed by atoms with Gasteiger partial charge in [0.15, 0.2) is 0 Å². The van der Waals surface area contributed by atoms with E-state index in [0.29, 0.717) is 11.7 Å². The molecule has 14 heavy (non-hydrogen) atoms. The molecule has 2 aliphatic carbocycles. The average molecular weight is 192 g/mol. The number of allylic oxidation sites excluding steroid dienone is 2. The Hall–Kier alpha value is -0.590. The van der Waals surface area contributed by atoms with Crippen LogP contribution in [0.5, 0.6) is 0 Å². The van der Waals surface area contributed by atoms with Gasteiger partial charge in [-0.2, -0.15) is 0 Å². The average Bonchev–Trinajstić information content (AvgIpc) is 2.16. The zero-order chi connectivity index (χ0) is 10.3. The van der Waals surface area contributed by atoms with Crippen LogP contribution < -0.4 is 0 Å². The van der Waals surface area contributed by atoms with E-state index >= 15 is 0 Å². The lowest BCUT2D eigenvalue weighted by atomic mass is 9.64. The van der Waals surface area contributed by atoms with E-state index in [9.17, 15) is 4.79 Å². The smallest absolute Gasteiger partial charge is 0.143 e.